The van der Waals surface area contributed by atoms with Crippen LogP contribution in [0.4, 0.5) is 5.69 Å². The van der Waals surface area contributed by atoms with E-state index in [2.05, 4.69) is 5.32 Å². The average molecular weight is 296 g/mol. The van der Waals surface area contributed by atoms with E-state index < -0.39 is 9.84 Å². The fraction of sp³-hybridized carbons (Fsp3) is 0.571. The first-order valence-corrected chi connectivity index (χ1v) is 8.80. The van der Waals surface area contributed by atoms with E-state index in [9.17, 15) is 8.42 Å². The third-order valence-corrected chi connectivity index (χ3v) is 5.44. The van der Waals surface area contributed by atoms with Crippen molar-refractivity contribution in [3.8, 4) is 0 Å². The Bertz CT molecular complexity index is 602. The lowest BCUT2D eigenvalue weighted by Crippen LogP contribution is -2.69. The predicted octanol–water partition coefficient (Wildman–Crippen LogP) is 1.01. The van der Waals surface area contributed by atoms with E-state index in [-0.39, 0.29) is 18.2 Å². The Morgan fingerprint density at radius 2 is 2.10 bits per heavy atom. The third-order valence-electron chi connectivity index (χ3n) is 4.29. The molecule has 1 saturated heterocycles. The van der Waals surface area contributed by atoms with E-state index in [4.69, 9.17) is 10.5 Å². The summed E-state index contributed by atoms with van der Waals surface area (Å²) in [5.41, 5.74) is 6.81. The van der Waals surface area contributed by atoms with Crippen LogP contribution in [0.1, 0.15) is 12.8 Å². The van der Waals surface area contributed by atoms with Crippen LogP contribution in [0.15, 0.2) is 29.2 Å². The topological polar surface area (TPSA) is 81.4 Å². The number of nitrogens with two attached hydrogens (primary N) is 1. The minimum atomic E-state index is -3.25. The summed E-state index contributed by atoms with van der Waals surface area (Å²) in [6.45, 7) is 0.764. The molecule has 2 aliphatic rings. The lowest BCUT2D eigenvalue weighted by atomic mass is 9.68. The first kappa shape index (κ1) is 13.9. The number of nitrogens with one attached hydrogen (secondary N) is 1. The number of para-hydroxylation sites is 1. The molecule has 1 aliphatic carbocycles. The van der Waals surface area contributed by atoms with Crippen molar-refractivity contribution in [2.75, 3.05) is 18.2 Å². The number of sulfone groups is 1. The minimum absolute atomic E-state index is 0.0109. The summed E-state index contributed by atoms with van der Waals surface area (Å²) in [6.07, 6.45) is 3.47. The summed E-state index contributed by atoms with van der Waals surface area (Å²) >= 11 is 0. The molecule has 1 aromatic rings. The molecule has 5 nitrogen and oxygen atoms in total. The summed E-state index contributed by atoms with van der Waals surface area (Å²) in [5.74, 6) is 0.395. The number of fused-ring (bicyclic) bond motifs is 1. The molecular weight excluding hydrogens is 276 g/mol. The Morgan fingerprint density at radius 3 is 2.85 bits per heavy atom. The maximum Gasteiger partial charge on any atom is 0.177 e. The number of ether oxygens (including phenoxy) is 1. The fourth-order valence-corrected chi connectivity index (χ4v) is 4.07. The molecule has 3 N–H and O–H groups in total. The van der Waals surface area contributed by atoms with Gasteiger partial charge in [0.05, 0.1) is 22.7 Å². The van der Waals surface area contributed by atoms with Crippen molar-refractivity contribution >= 4 is 15.5 Å². The Hall–Kier alpha value is -1.11. The Morgan fingerprint density at radius 1 is 1.35 bits per heavy atom. The summed E-state index contributed by atoms with van der Waals surface area (Å²) in [4.78, 5) is 0.312. The second-order valence-electron chi connectivity index (χ2n) is 5.66. The first-order valence-electron chi connectivity index (χ1n) is 6.91. The van der Waals surface area contributed by atoms with Crippen molar-refractivity contribution in [2.45, 2.75) is 35.9 Å². The average Bonchev–Trinajstić information content (AvgIpc) is 2.44. The molecule has 4 unspecified atom stereocenters. The molecular formula is C14H20N2O3S. The highest BCUT2D eigenvalue weighted by Crippen LogP contribution is 2.39. The monoisotopic (exact) mass is 296 g/mol. The van der Waals surface area contributed by atoms with Gasteiger partial charge in [-0.2, -0.15) is 0 Å². The van der Waals surface area contributed by atoms with E-state index in [0.29, 0.717) is 16.5 Å². The van der Waals surface area contributed by atoms with E-state index >= 15 is 0 Å². The SMILES string of the molecule is CS(=O)(=O)c1ccccc1NC1C(N)C2CCCOC21. The number of anilines is 1. The molecule has 0 radical (unpaired) electrons. The van der Waals surface area contributed by atoms with Crippen LogP contribution in [-0.4, -0.2) is 39.5 Å². The molecule has 6 heteroatoms. The Balaban J connectivity index is 1.82. The molecule has 1 saturated carbocycles. The quantitative estimate of drug-likeness (QED) is 0.870. The van der Waals surface area contributed by atoms with Gasteiger partial charge in [0.2, 0.25) is 0 Å². The highest BCUT2D eigenvalue weighted by atomic mass is 32.2. The molecule has 3 rings (SSSR count). The summed E-state index contributed by atoms with van der Waals surface area (Å²) < 4.78 is 29.4. The van der Waals surface area contributed by atoms with Gasteiger partial charge >= 0.3 is 0 Å². The van der Waals surface area contributed by atoms with Crippen LogP contribution < -0.4 is 11.1 Å². The van der Waals surface area contributed by atoms with Crippen molar-refractivity contribution in [2.24, 2.45) is 11.7 Å². The Kier molecular flexibility index (Phi) is 3.48. The molecule has 0 spiro atoms. The van der Waals surface area contributed by atoms with Gasteiger partial charge in [0.15, 0.2) is 9.84 Å². The summed E-state index contributed by atoms with van der Waals surface area (Å²) in [6, 6.07) is 6.94. The van der Waals surface area contributed by atoms with Gasteiger partial charge in [0.25, 0.3) is 0 Å². The highest BCUT2D eigenvalue weighted by Gasteiger charge is 2.50. The standard InChI is InChI=1S/C14H20N2O3S/c1-20(17,18)11-7-3-2-6-10(11)16-13-12(15)9-5-4-8-19-14(9)13/h2-3,6-7,9,12-14,16H,4-5,8,15H2,1H3. The van der Waals surface area contributed by atoms with Gasteiger partial charge in [0, 0.05) is 24.8 Å². The van der Waals surface area contributed by atoms with E-state index in [1.165, 1.54) is 6.26 Å². The van der Waals surface area contributed by atoms with Crippen LogP contribution in [-0.2, 0) is 14.6 Å². The third kappa shape index (κ3) is 2.32. The second kappa shape index (κ2) is 5.02. The van der Waals surface area contributed by atoms with E-state index in [1.807, 2.05) is 6.07 Å². The van der Waals surface area contributed by atoms with Crippen LogP contribution in [0, 0.1) is 5.92 Å². The number of hydrogen-bond donors (Lipinski definition) is 2. The van der Waals surface area contributed by atoms with Crippen LogP contribution in [0.25, 0.3) is 0 Å². The Labute approximate surface area is 119 Å². The largest absolute Gasteiger partial charge is 0.377 e. The van der Waals surface area contributed by atoms with E-state index in [0.717, 1.165) is 19.4 Å². The zero-order valence-electron chi connectivity index (χ0n) is 11.5. The molecule has 0 amide bonds. The van der Waals surface area contributed by atoms with Gasteiger partial charge in [-0.15, -0.1) is 0 Å². The van der Waals surface area contributed by atoms with Crippen molar-refractivity contribution < 1.29 is 13.2 Å². The number of hydrogen-bond acceptors (Lipinski definition) is 5. The lowest BCUT2D eigenvalue weighted by Gasteiger charge is -2.52. The smallest absolute Gasteiger partial charge is 0.177 e. The molecule has 1 aromatic carbocycles. The minimum Gasteiger partial charge on any atom is -0.377 e. The van der Waals surface area contributed by atoms with Crippen molar-refractivity contribution in [3.63, 3.8) is 0 Å². The first-order chi connectivity index (χ1) is 9.48. The van der Waals surface area contributed by atoms with Gasteiger partial charge < -0.3 is 15.8 Å². The normalized spacial score (nSPS) is 33.1. The number of rotatable bonds is 3. The van der Waals surface area contributed by atoms with Crippen LogP contribution >= 0.6 is 0 Å². The van der Waals surface area contributed by atoms with Gasteiger partial charge in [-0.25, -0.2) is 8.42 Å². The molecule has 1 heterocycles. The molecule has 2 fully saturated rings. The zero-order valence-corrected chi connectivity index (χ0v) is 12.3. The zero-order chi connectivity index (χ0) is 14.3. The van der Waals surface area contributed by atoms with Crippen molar-refractivity contribution in [3.05, 3.63) is 24.3 Å². The second-order valence-corrected chi connectivity index (χ2v) is 7.64. The summed E-state index contributed by atoms with van der Waals surface area (Å²) in [5, 5.41) is 3.27. The molecule has 0 bridgehead atoms. The summed E-state index contributed by atoms with van der Waals surface area (Å²) in [7, 11) is -3.25. The van der Waals surface area contributed by atoms with Gasteiger partial charge in [-0.1, -0.05) is 12.1 Å². The maximum atomic E-state index is 11.8. The van der Waals surface area contributed by atoms with E-state index in [1.54, 1.807) is 18.2 Å². The molecule has 20 heavy (non-hydrogen) atoms. The van der Waals surface area contributed by atoms with Crippen molar-refractivity contribution in [1.29, 1.82) is 0 Å². The highest BCUT2D eigenvalue weighted by molar-refractivity contribution is 7.90. The van der Waals surface area contributed by atoms with Crippen LogP contribution in [0.5, 0.6) is 0 Å². The molecule has 1 aliphatic heterocycles. The lowest BCUT2D eigenvalue weighted by molar-refractivity contribution is -0.104. The maximum absolute atomic E-state index is 11.8. The van der Waals surface area contributed by atoms with Gasteiger partial charge in [0.1, 0.15) is 0 Å². The number of benzene rings is 1. The van der Waals surface area contributed by atoms with Crippen LogP contribution in [0.3, 0.4) is 0 Å². The predicted molar refractivity (Wildman–Crippen MR) is 77.4 cm³/mol. The van der Waals surface area contributed by atoms with Crippen LogP contribution in [0.2, 0.25) is 0 Å². The van der Waals surface area contributed by atoms with Crippen molar-refractivity contribution in [1.82, 2.24) is 0 Å². The molecule has 4 atom stereocenters. The van der Waals surface area contributed by atoms with Gasteiger partial charge in [-0.3, -0.25) is 0 Å². The molecule has 0 aromatic heterocycles. The fourth-order valence-electron chi connectivity index (χ4n) is 3.21. The molecule has 110 valence electrons. The van der Waals surface area contributed by atoms with Gasteiger partial charge in [-0.05, 0) is 25.0 Å².